The van der Waals surface area contributed by atoms with Gasteiger partial charge in [0, 0.05) is 24.8 Å². The van der Waals surface area contributed by atoms with E-state index in [1.807, 2.05) is 6.20 Å². The van der Waals surface area contributed by atoms with Crippen molar-refractivity contribution in [3.63, 3.8) is 0 Å². The number of anilines is 1. The summed E-state index contributed by atoms with van der Waals surface area (Å²) in [6.45, 7) is 6.65. The average molecular weight is 247 g/mol. The van der Waals surface area contributed by atoms with E-state index in [0.29, 0.717) is 12.0 Å². The number of likely N-dealkylation sites (N-methyl/N-ethyl adjacent to an activating group) is 1. The number of aromatic nitrogens is 1. The topological polar surface area (TPSA) is 19.4 Å². The summed E-state index contributed by atoms with van der Waals surface area (Å²) in [5, 5.41) is 0. The summed E-state index contributed by atoms with van der Waals surface area (Å²) in [5.74, 6) is 0.509. The molecule has 1 aliphatic rings. The lowest BCUT2D eigenvalue weighted by molar-refractivity contribution is 0.258. The first-order valence-electron chi connectivity index (χ1n) is 6.95. The minimum absolute atomic E-state index is 0.509. The molecular formula is C15H25N3. The maximum Gasteiger partial charge on any atom is 0.0553 e. The van der Waals surface area contributed by atoms with Crippen molar-refractivity contribution >= 4 is 5.69 Å². The van der Waals surface area contributed by atoms with E-state index in [1.165, 1.54) is 24.2 Å². The van der Waals surface area contributed by atoms with Crippen molar-refractivity contribution in [1.82, 2.24) is 9.88 Å². The molecule has 0 spiro atoms. The average Bonchev–Trinajstić information content (AvgIpc) is 2.39. The second kappa shape index (κ2) is 5.70. The summed E-state index contributed by atoms with van der Waals surface area (Å²) in [4.78, 5) is 9.37. The van der Waals surface area contributed by atoms with Crippen molar-refractivity contribution in [3.8, 4) is 0 Å². The molecule has 1 fully saturated rings. The van der Waals surface area contributed by atoms with Crippen molar-refractivity contribution in [1.29, 1.82) is 0 Å². The molecule has 3 nitrogen and oxygen atoms in total. The Kier molecular flexibility index (Phi) is 4.23. The SMILES string of the molecule is CC(C)c1ccc(N2CCC[C@H](N(C)C)C2)cn1. The summed E-state index contributed by atoms with van der Waals surface area (Å²) < 4.78 is 0. The Morgan fingerprint density at radius 3 is 2.67 bits per heavy atom. The van der Waals surface area contributed by atoms with Crippen LogP contribution >= 0.6 is 0 Å². The summed E-state index contributed by atoms with van der Waals surface area (Å²) in [6.07, 6.45) is 4.61. The second-order valence-electron chi connectivity index (χ2n) is 5.80. The number of piperidine rings is 1. The van der Waals surface area contributed by atoms with E-state index in [9.17, 15) is 0 Å². The van der Waals surface area contributed by atoms with Crippen LogP contribution in [0.4, 0.5) is 5.69 Å². The molecule has 0 amide bonds. The van der Waals surface area contributed by atoms with Gasteiger partial charge in [0.25, 0.3) is 0 Å². The second-order valence-corrected chi connectivity index (χ2v) is 5.80. The fourth-order valence-electron chi connectivity index (χ4n) is 2.54. The van der Waals surface area contributed by atoms with E-state index < -0.39 is 0 Å². The van der Waals surface area contributed by atoms with Crippen LogP contribution in [0.3, 0.4) is 0 Å². The van der Waals surface area contributed by atoms with Gasteiger partial charge < -0.3 is 9.80 Å². The van der Waals surface area contributed by atoms with E-state index in [2.05, 4.69) is 54.9 Å². The van der Waals surface area contributed by atoms with Crippen LogP contribution in [-0.4, -0.2) is 43.1 Å². The Morgan fingerprint density at radius 2 is 2.11 bits per heavy atom. The quantitative estimate of drug-likeness (QED) is 0.818. The van der Waals surface area contributed by atoms with Gasteiger partial charge in [-0.1, -0.05) is 13.8 Å². The third-order valence-electron chi connectivity index (χ3n) is 3.85. The summed E-state index contributed by atoms with van der Waals surface area (Å²) >= 11 is 0. The molecule has 1 aliphatic heterocycles. The predicted octanol–water partition coefficient (Wildman–Crippen LogP) is 2.74. The van der Waals surface area contributed by atoms with Gasteiger partial charge in [-0.05, 0) is 45.0 Å². The van der Waals surface area contributed by atoms with Gasteiger partial charge in [0.15, 0.2) is 0 Å². The Balaban J connectivity index is 2.06. The molecule has 3 heteroatoms. The largest absolute Gasteiger partial charge is 0.369 e. The summed E-state index contributed by atoms with van der Waals surface area (Å²) in [5.41, 5.74) is 2.45. The molecule has 0 radical (unpaired) electrons. The van der Waals surface area contributed by atoms with Gasteiger partial charge in [0.1, 0.15) is 0 Å². The molecule has 1 atom stereocenters. The highest BCUT2D eigenvalue weighted by Gasteiger charge is 2.21. The molecule has 0 unspecified atom stereocenters. The van der Waals surface area contributed by atoms with Crippen molar-refractivity contribution in [2.45, 2.75) is 38.6 Å². The van der Waals surface area contributed by atoms with Gasteiger partial charge in [0.05, 0.1) is 11.9 Å². The fourth-order valence-corrected chi connectivity index (χ4v) is 2.54. The van der Waals surface area contributed by atoms with Crippen LogP contribution in [0.1, 0.15) is 38.3 Å². The molecule has 0 aromatic carbocycles. The fraction of sp³-hybridized carbons (Fsp3) is 0.667. The predicted molar refractivity (Wildman–Crippen MR) is 77.2 cm³/mol. The summed E-state index contributed by atoms with van der Waals surface area (Å²) in [7, 11) is 4.35. The highest BCUT2D eigenvalue weighted by atomic mass is 15.2. The lowest BCUT2D eigenvalue weighted by Crippen LogP contribution is -2.45. The number of hydrogen-bond acceptors (Lipinski definition) is 3. The lowest BCUT2D eigenvalue weighted by atomic mass is 10.0. The molecule has 0 N–H and O–H groups in total. The van der Waals surface area contributed by atoms with Crippen LogP contribution in [0.2, 0.25) is 0 Å². The molecule has 2 heterocycles. The molecule has 100 valence electrons. The maximum absolute atomic E-state index is 4.57. The molecule has 18 heavy (non-hydrogen) atoms. The Morgan fingerprint density at radius 1 is 1.33 bits per heavy atom. The highest BCUT2D eigenvalue weighted by Crippen LogP contribution is 2.22. The molecule has 1 aromatic rings. The van der Waals surface area contributed by atoms with Crippen LogP contribution < -0.4 is 4.90 Å². The van der Waals surface area contributed by atoms with Gasteiger partial charge in [-0.2, -0.15) is 0 Å². The normalized spacial score (nSPS) is 20.8. The van der Waals surface area contributed by atoms with Gasteiger partial charge in [-0.3, -0.25) is 4.98 Å². The molecule has 0 saturated carbocycles. The van der Waals surface area contributed by atoms with E-state index >= 15 is 0 Å². The molecule has 0 aliphatic carbocycles. The minimum Gasteiger partial charge on any atom is -0.369 e. The Hall–Kier alpha value is -1.09. The zero-order valence-electron chi connectivity index (χ0n) is 12.1. The first kappa shape index (κ1) is 13.3. The zero-order chi connectivity index (χ0) is 13.1. The van der Waals surface area contributed by atoms with E-state index in [4.69, 9.17) is 0 Å². The molecule has 1 aromatic heterocycles. The van der Waals surface area contributed by atoms with Crippen LogP contribution in [0.5, 0.6) is 0 Å². The third kappa shape index (κ3) is 3.02. The number of hydrogen-bond donors (Lipinski definition) is 0. The minimum atomic E-state index is 0.509. The van der Waals surface area contributed by atoms with Crippen molar-refractivity contribution in [2.24, 2.45) is 0 Å². The van der Waals surface area contributed by atoms with Crippen LogP contribution in [0.15, 0.2) is 18.3 Å². The number of rotatable bonds is 3. The Labute approximate surface area is 111 Å². The standard InChI is InChI=1S/C15H25N3/c1-12(2)15-8-7-13(10-16-15)18-9-5-6-14(11-18)17(3)4/h7-8,10,12,14H,5-6,9,11H2,1-4H3/t14-/m0/s1. The Bertz CT molecular complexity index is 370. The zero-order valence-corrected chi connectivity index (χ0v) is 12.1. The van der Waals surface area contributed by atoms with Crippen LogP contribution in [0.25, 0.3) is 0 Å². The first-order valence-corrected chi connectivity index (χ1v) is 6.95. The van der Waals surface area contributed by atoms with E-state index in [-0.39, 0.29) is 0 Å². The molecular weight excluding hydrogens is 222 g/mol. The van der Waals surface area contributed by atoms with Crippen molar-refractivity contribution < 1.29 is 0 Å². The number of nitrogens with zero attached hydrogens (tertiary/aromatic N) is 3. The van der Waals surface area contributed by atoms with E-state index in [1.54, 1.807) is 0 Å². The van der Waals surface area contributed by atoms with Gasteiger partial charge in [-0.25, -0.2) is 0 Å². The van der Waals surface area contributed by atoms with Gasteiger partial charge >= 0.3 is 0 Å². The molecule has 0 bridgehead atoms. The first-order chi connectivity index (χ1) is 8.58. The van der Waals surface area contributed by atoms with Crippen molar-refractivity contribution in [3.05, 3.63) is 24.0 Å². The smallest absolute Gasteiger partial charge is 0.0553 e. The van der Waals surface area contributed by atoms with Crippen LogP contribution in [0, 0.1) is 0 Å². The maximum atomic E-state index is 4.57. The molecule has 2 rings (SSSR count). The van der Waals surface area contributed by atoms with Gasteiger partial charge in [-0.15, -0.1) is 0 Å². The number of pyridine rings is 1. The molecule has 1 saturated heterocycles. The van der Waals surface area contributed by atoms with Crippen molar-refractivity contribution in [2.75, 3.05) is 32.1 Å². The third-order valence-corrected chi connectivity index (χ3v) is 3.85. The van der Waals surface area contributed by atoms with Gasteiger partial charge in [0.2, 0.25) is 0 Å². The van der Waals surface area contributed by atoms with Crippen LogP contribution in [-0.2, 0) is 0 Å². The summed E-state index contributed by atoms with van der Waals surface area (Å²) in [6, 6.07) is 5.06. The highest BCUT2D eigenvalue weighted by molar-refractivity contribution is 5.45. The van der Waals surface area contributed by atoms with E-state index in [0.717, 1.165) is 13.1 Å². The monoisotopic (exact) mass is 247 g/mol. The lowest BCUT2D eigenvalue weighted by Gasteiger charge is -2.37.